The monoisotopic (exact) mass is 387 g/mol. The maximum atomic E-state index is 13.7. The van der Waals surface area contributed by atoms with E-state index < -0.39 is 35.0 Å². The van der Waals surface area contributed by atoms with Gasteiger partial charge in [0.25, 0.3) is 0 Å². The zero-order chi connectivity index (χ0) is 19.8. The first-order valence-corrected chi connectivity index (χ1v) is 8.42. The fourth-order valence-corrected chi connectivity index (χ4v) is 3.41. The van der Waals surface area contributed by atoms with Gasteiger partial charge in [-0.05, 0) is 22.3 Å². The summed E-state index contributed by atoms with van der Waals surface area (Å²) in [6.45, 7) is -0.0619. The Hall–Kier alpha value is -3.35. The molecule has 0 spiro atoms. The Labute approximate surface area is 157 Å². The third-order valence-electron chi connectivity index (χ3n) is 4.68. The molecule has 0 aliphatic heterocycles. The highest BCUT2D eigenvalue weighted by atomic mass is 19.2. The number of halogens is 4. The molecule has 0 saturated carbocycles. The number of fused-ring (bicyclic) bond motifs is 3. The predicted molar refractivity (Wildman–Crippen MR) is 95.0 cm³/mol. The van der Waals surface area contributed by atoms with Gasteiger partial charge in [0.1, 0.15) is 6.61 Å². The summed E-state index contributed by atoms with van der Waals surface area (Å²) in [5.41, 5.74) is 3.17. The third-order valence-corrected chi connectivity index (χ3v) is 4.68. The summed E-state index contributed by atoms with van der Waals surface area (Å²) in [6, 6.07) is 15.7. The van der Waals surface area contributed by atoms with Crippen molar-refractivity contribution in [2.24, 2.45) is 0 Å². The highest BCUT2D eigenvalue weighted by Gasteiger charge is 2.29. The van der Waals surface area contributed by atoms with Crippen LogP contribution in [0, 0.1) is 23.3 Å². The lowest BCUT2D eigenvalue weighted by atomic mass is 9.98. The summed E-state index contributed by atoms with van der Waals surface area (Å²) >= 11 is 0. The molecule has 1 amide bonds. The van der Waals surface area contributed by atoms with Gasteiger partial charge in [0.2, 0.25) is 0 Å². The van der Waals surface area contributed by atoms with Crippen LogP contribution in [0.1, 0.15) is 17.0 Å². The summed E-state index contributed by atoms with van der Waals surface area (Å²) in [6.07, 6.45) is -1.11. The van der Waals surface area contributed by atoms with Gasteiger partial charge in [-0.1, -0.05) is 48.5 Å². The van der Waals surface area contributed by atoms with E-state index in [1.54, 1.807) is 0 Å². The summed E-state index contributed by atoms with van der Waals surface area (Å²) in [7, 11) is 0. The van der Waals surface area contributed by atoms with Crippen molar-refractivity contribution in [3.8, 4) is 11.1 Å². The summed E-state index contributed by atoms with van der Waals surface area (Å²) < 4.78 is 58.4. The minimum atomic E-state index is -2.01. The number of nitrogens with one attached hydrogen (secondary N) is 1. The van der Waals surface area contributed by atoms with Crippen LogP contribution >= 0.6 is 0 Å². The molecule has 3 aromatic carbocycles. The minimum Gasteiger partial charge on any atom is -0.448 e. The molecule has 1 aliphatic carbocycles. The summed E-state index contributed by atoms with van der Waals surface area (Å²) in [4.78, 5) is 12.0. The van der Waals surface area contributed by atoms with E-state index in [0.717, 1.165) is 22.3 Å². The highest BCUT2D eigenvalue weighted by molar-refractivity contribution is 5.85. The van der Waals surface area contributed by atoms with E-state index in [9.17, 15) is 22.4 Å². The zero-order valence-corrected chi connectivity index (χ0v) is 14.3. The summed E-state index contributed by atoms with van der Waals surface area (Å²) in [5, 5.41) is 1.91. The fraction of sp³-hybridized carbons (Fsp3) is 0.0952. The number of benzene rings is 3. The van der Waals surface area contributed by atoms with Crippen LogP contribution < -0.4 is 5.32 Å². The van der Waals surface area contributed by atoms with Crippen LogP contribution in [0.2, 0.25) is 0 Å². The van der Waals surface area contributed by atoms with Crippen molar-refractivity contribution in [2.45, 2.75) is 5.92 Å². The van der Waals surface area contributed by atoms with E-state index in [-0.39, 0.29) is 12.5 Å². The number of carbonyl (C=O) groups excluding carboxylic acids is 1. The molecule has 3 nitrogen and oxygen atoms in total. The van der Waals surface area contributed by atoms with Gasteiger partial charge < -0.3 is 4.74 Å². The SMILES string of the molecule is O=C(Nc1cc(F)c(F)c(F)c1F)OCC1c2ccccc2-c2ccccc21. The number of amides is 1. The predicted octanol–water partition coefficient (Wildman–Crippen LogP) is 5.60. The third kappa shape index (κ3) is 2.98. The topological polar surface area (TPSA) is 38.3 Å². The van der Waals surface area contributed by atoms with Crippen LogP contribution in [0.3, 0.4) is 0 Å². The lowest BCUT2D eigenvalue weighted by Gasteiger charge is -2.15. The van der Waals surface area contributed by atoms with Crippen LogP contribution in [0.4, 0.5) is 28.0 Å². The molecule has 0 bridgehead atoms. The van der Waals surface area contributed by atoms with Gasteiger partial charge in [0.15, 0.2) is 23.3 Å². The number of hydrogen-bond donors (Lipinski definition) is 1. The van der Waals surface area contributed by atoms with Gasteiger partial charge in [0, 0.05) is 12.0 Å². The van der Waals surface area contributed by atoms with Gasteiger partial charge in [-0.25, -0.2) is 22.4 Å². The molecule has 0 heterocycles. The average Bonchev–Trinajstić information content (AvgIpc) is 3.03. The van der Waals surface area contributed by atoms with Crippen molar-refractivity contribution < 1.29 is 27.1 Å². The molecule has 1 N–H and O–H groups in total. The standard InChI is InChI=1S/C21H13F4NO2/c22-16-9-17(19(24)20(25)18(16)23)26-21(27)28-10-15-13-7-3-1-5-11(13)12-6-2-4-8-14(12)15/h1-9,15H,10H2,(H,26,27). The molecule has 0 radical (unpaired) electrons. The Balaban J connectivity index is 1.52. The van der Waals surface area contributed by atoms with Crippen molar-refractivity contribution in [2.75, 3.05) is 11.9 Å². The van der Waals surface area contributed by atoms with Crippen LogP contribution in [0.5, 0.6) is 0 Å². The molecule has 7 heteroatoms. The molecule has 0 atom stereocenters. The van der Waals surface area contributed by atoms with E-state index in [2.05, 4.69) is 0 Å². The Kier molecular flexibility index (Phi) is 4.50. The van der Waals surface area contributed by atoms with E-state index in [0.29, 0.717) is 6.07 Å². The van der Waals surface area contributed by atoms with Crippen LogP contribution in [0.25, 0.3) is 11.1 Å². The largest absolute Gasteiger partial charge is 0.448 e. The average molecular weight is 387 g/mol. The minimum absolute atomic E-state index is 0.0619. The quantitative estimate of drug-likeness (QED) is 0.361. The van der Waals surface area contributed by atoms with Crippen molar-refractivity contribution in [3.63, 3.8) is 0 Å². The van der Waals surface area contributed by atoms with Crippen molar-refractivity contribution in [1.29, 1.82) is 0 Å². The fourth-order valence-electron chi connectivity index (χ4n) is 3.41. The maximum absolute atomic E-state index is 13.7. The van der Waals surface area contributed by atoms with Gasteiger partial charge in [-0.2, -0.15) is 0 Å². The first-order valence-electron chi connectivity index (χ1n) is 8.42. The second-order valence-electron chi connectivity index (χ2n) is 6.30. The van der Waals surface area contributed by atoms with Crippen LogP contribution in [-0.2, 0) is 4.74 Å². The molecule has 142 valence electrons. The van der Waals surface area contributed by atoms with Gasteiger partial charge in [-0.15, -0.1) is 0 Å². The second kappa shape index (κ2) is 6.99. The van der Waals surface area contributed by atoms with E-state index in [4.69, 9.17) is 4.74 Å². The van der Waals surface area contributed by atoms with E-state index in [1.165, 1.54) is 0 Å². The first kappa shape index (κ1) is 18.0. The van der Waals surface area contributed by atoms with Gasteiger partial charge >= 0.3 is 6.09 Å². The Morgan fingerprint density at radius 2 is 1.43 bits per heavy atom. The molecular formula is C21H13F4NO2. The zero-order valence-electron chi connectivity index (χ0n) is 14.3. The number of anilines is 1. The highest BCUT2D eigenvalue weighted by Crippen LogP contribution is 2.44. The molecular weight excluding hydrogens is 374 g/mol. The molecule has 0 saturated heterocycles. The van der Waals surface area contributed by atoms with Gasteiger partial charge in [0.05, 0.1) is 5.69 Å². The summed E-state index contributed by atoms with van der Waals surface area (Å²) in [5.74, 6) is -7.51. The second-order valence-corrected chi connectivity index (χ2v) is 6.30. The molecule has 3 aromatic rings. The number of carbonyl (C=O) groups is 1. The Morgan fingerprint density at radius 1 is 0.857 bits per heavy atom. The van der Waals surface area contributed by atoms with E-state index in [1.807, 2.05) is 53.8 Å². The van der Waals surface area contributed by atoms with Crippen LogP contribution in [-0.4, -0.2) is 12.7 Å². The molecule has 0 aromatic heterocycles. The lowest BCUT2D eigenvalue weighted by Crippen LogP contribution is -2.19. The smallest absolute Gasteiger partial charge is 0.411 e. The van der Waals surface area contributed by atoms with Crippen molar-refractivity contribution >= 4 is 11.8 Å². The molecule has 0 unspecified atom stereocenters. The van der Waals surface area contributed by atoms with Gasteiger partial charge in [-0.3, -0.25) is 5.32 Å². The number of ether oxygens (including phenoxy) is 1. The Bertz CT molecular complexity index is 1040. The maximum Gasteiger partial charge on any atom is 0.411 e. The molecule has 1 aliphatic rings. The lowest BCUT2D eigenvalue weighted by molar-refractivity contribution is 0.158. The normalized spacial score (nSPS) is 12.4. The Morgan fingerprint density at radius 3 is 2.04 bits per heavy atom. The first-order chi connectivity index (χ1) is 13.5. The number of hydrogen-bond acceptors (Lipinski definition) is 2. The van der Waals surface area contributed by atoms with E-state index >= 15 is 0 Å². The molecule has 4 rings (SSSR count). The van der Waals surface area contributed by atoms with Crippen molar-refractivity contribution in [1.82, 2.24) is 0 Å². The molecule has 28 heavy (non-hydrogen) atoms. The number of rotatable bonds is 3. The van der Waals surface area contributed by atoms with Crippen molar-refractivity contribution in [3.05, 3.63) is 89.0 Å². The molecule has 0 fully saturated rings. The van der Waals surface area contributed by atoms with Crippen LogP contribution in [0.15, 0.2) is 54.6 Å².